The zero-order chi connectivity index (χ0) is 14.5. The molecule has 0 fully saturated rings. The maximum atomic E-state index is 11.5. The fourth-order valence-electron chi connectivity index (χ4n) is 1.97. The number of nitrogen functional groups attached to an aromatic ring is 1. The summed E-state index contributed by atoms with van der Waals surface area (Å²) in [6, 6.07) is 7.79. The molecule has 106 valence electrons. The molecule has 20 heavy (non-hydrogen) atoms. The van der Waals surface area contributed by atoms with Gasteiger partial charge in [-0.05, 0) is 37.7 Å². The molecule has 0 bridgehead atoms. The minimum absolute atomic E-state index is 0.239. The van der Waals surface area contributed by atoms with Crippen LogP contribution in [0.2, 0.25) is 0 Å². The zero-order valence-electron chi connectivity index (χ0n) is 11.6. The van der Waals surface area contributed by atoms with E-state index < -0.39 is 0 Å². The van der Waals surface area contributed by atoms with E-state index in [-0.39, 0.29) is 5.91 Å². The number of carbonyl (C=O) groups is 1. The van der Waals surface area contributed by atoms with E-state index in [2.05, 4.69) is 15.3 Å². The van der Waals surface area contributed by atoms with Crippen LogP contribution in [0.3, 0.4) is 0 Å². The van der Waals surface area contributed by atoms with Crippen LogP contribution in [0, 0.1) is 6.92 Å². The summed E-state index contributed by atoms with van der Waals surface area (Å²) < 4.78 is 0. The highest BCUT2D eigenvalue weighted by atomic mass is 32.1. The van der Waals surface area contributed by atoms with Crippen molar-refractivity contribution in [3.05, 3.63) is 51.5 Å². The van der Waals surface area contributed by atoms with Crippen LogP contribution in [-0.2, 0) is 13.1 Å². The highest BCUT2D eigenvalue weighted by Gasteiger charge is 2.13. The summed E-state index contributed by atoms with van der Waals surface area (Å²) in [7, 11) is 2.04. The van der Waals surface area contributed by atoms with Gasteiger partial charge in [0, 0.05) is 24.2 Å². The Morgan fingerprint density at radius 3 is 2.90 bits per heavy atom. The molecule has 2 rings (SSSR count). The van der Waals surface area contributed by atoms with Crippen LogP contribution < -0.4 is 11.3 Å². The van der Waals surface area contributed by atoms with Gasteiger partial charge in [-0.2, -0.15) is 0 Å². The van der Waals surface area contributed by atoms with E-state index in [4.69, 9.17) is 5.84 Å². The number of hydrogen-bond acceptors (Lipinski definition) is 5. The molecule has 1 amide bonds. The van der Waals surface area contributed by atoms with Gasteiger partial charge >= 0.3 is 0 Å². The van der Waals surface area contributed by atoms with E-state index >= 15 is 0 Å². The molecule has 0 atom stereocenters. The molecule has 0 aliphatic heterocycles. The SMILES string of the molecule is Cc1sc(C(=O)NN)cc1CN(C)Cc1ccccn1. The van der Waals surface area contributed by atoms with Gasteiger partial charge in [0.15, 0.2) is 0 Å². The third-order valence-corrected chi connectivity index (χ3v) is 4.07. The lowest BCUT2D eigenvalue weighted by atomic mass is 10.2. The van der Waals surface area contributed by atoms with Crippen molar-refractivity contribution in [2.75, 3.05) is 7.05 Å². The Labute approximate surface area is 122 Å². The van der Waals surface area contributed by atoms with Crippen LogP contribution >= 0.6 is 11.3 Å². The molecular weight excluding hydrogens is 272 g/mol. The van der Waals surface area contributed by atoms with Gasteiger partial charge in [0.05, 0.1) is 10.6 Å². The largest absolute Gasteiger partial charge is 0.296 e. The molecular formula is C14H18N4OS. The maximum Gasteiger partial charge on any atom is 0.275 e. The summed E-state index contributed by atoms with van der Waals surface area (Å²) in [4.78, 5) is 19.8. The number of nitrogens with zero attached hydrogens (tertiary/aromatic N) is 2. The molecule has 2 aromatic rings. The first-order valence-corrected chi connectivity index (χ1v) is 7.10. The standard InChI is InChI=1S/C14H18N4OS/c1-10-11(7-13(20-10)14(19)17-15)8-18(2)9-12-5-3-4-6-16-12/h3-7H,8-9,15H2,1-2H3,(H,17,19). The molecule has 0 spiro atoms. The van der Waals surface area contributed by atoms with Crippen LogP contribution in [-0.4, -0.2) is 22.8 Å². The lowest BCUT2D eigenvalue weighted by Crippen LogP contribution is -2.29. The van der Waals surface area contributed by atoms with Crippen molar-refractivity contribution in [3.63, 3.8) is 0 Å². The van der Waals surface area contributed by atoms with Crippen LogP contribution in [0.1, 0.15) is 25.8 Å². The molecule has 0 radical (unpaired) electrons. The van der Waals surface area contributed by atoms with E-state index in [0.717, 1.165) is 29.2 Å². The predicted molar refractivity (Wildman–Crippen MR) is 80.1 cm³/mol. The fraction of sp³-hybridized carbons (Fsp3) is 0.286. The second-order valence-corrected chi connectivity index (χ2v) is 5.92. The summed E-state index contributed by atoms with van der Waals surface area (Å²) in [5.74, 6) is 4.92. The van der Waals surface area contributed by atoms with Gasteiger partial charge in [0.25, 0.3) is 5.91 Å². The first-order chi connectivity index (χ1) is 9.60. The highest BCUT2D eigenvalue weighted by Crippen LogP contribution is 2.22. The van der Waals surface area contributed by atoms with Crippen molar-refractivity contribution in [2.24, 2.45) is 5.84 Å². The number of aryl methyl sites for hydroxylation is 1. The zero-order valence-corrected chi connectivity index (χ0v) is 12.4. The lowest BCUT2D eigenvalue weighted by Gasteiger charge is -2.15. The van der Waals surface area contributed by atoms with Crippen LogP contribution in [0.25, 0.3) is 0 Å². The number of pyridine rings is 1. The first-order valence-electron chi connectivity index (χ1n) is 6.29. The average molecular weight is 290 g/mol. The average Bonchev–Trinajstić information content (AvgIpc) is 2.80. The van der Waals surface area contributed by atoms with Crippen LogP contribution in [0.4, 0.5) is 0 Å². The van der Waals surface area contributed by atoms with Gasteiger partial charge in [-0.15, -0.1) is 11.3 Å². The molecule has 6 heteroatoms. The lowest BCUT2D eigenvalue weighted by molar-refractivity contribution is 0.0957. The maximum absolute atomic E-state index is 11.5. The Morgan fingerprint density at radius 2 is 2.25 bits per heavy atom. The minimum atomic E-state index is -0.239. The van der Waals surface area contributed by atoms with Gasteiger partial charge in [-0.25, -0.2) is 5.84 Å². The second kappa shape index (κ2) is 6.60. The fourth-order valence-corrected chi connectivity index (χ4v) is 2.91. The predicted octanol–water partition coefficient (Wildman–Crippen LogP) is 1.69. The summed E-state index contributed by atoms with van der Waals surface area (Å²) >= 11 is 1.46. The molecule has 5 nitrogen and oxygen atoms in total. The Hall–Kier alpha value is -1.76. The summed E-state index contributed by atoms with van der Waals surface area (Å²) in [5, 5.41) is 0. The van der Waals surface area contributed by atoms with Crippen molar-refractivity contribution in [1.29, 1.82) is 0 Å². The molecule has 2 heterocycles. The Bertz CT molecular complexity index is 582. The summed E-state index contributed by atoms with van der Waals surface area (Å²) in [6.45, 7) is 3.56. The quantitative estimate of drug-likeness (QED) is 0.499. The van der Waals surface area contributed by atoms with Crippen molar-refractivity contribution < 1.29 is 4.79 Å². The number of hydrogen-bond donors (Lipinski definition) is 2. The van der Waals surface area contributed by atoms with Crippen LogP contribution in [0.15, 0.2) is 30.5 Å². The van der Waals surface area contributed by atoms with Gasteiger partial charge in [0.2, 0.25) is 0 Å². The number of rotatable bonds is 5. The third-order valence-electron chi connectivity index (χ3n) is 2.97. The van der Waals surface area contributed by atoms with Crippen molar-refractivity contribution in [1.82, 2.24) is 15.3 Å². The molecule has 0 saturated heterocycles. The normalized spacial score (nSPS) is 10.8. The van der Waals surface area contributed by atoms with E-state index in [1.807, 2.05) is 38.2 Å². The number of amides is 1. The number of carbonyl (C=O) groups excluding carboxylic acids is 1. The van der Waals surface area contributed by atoms with E-state index in [0.29, 0.717) is 4.88 Å². The van der Waals surface area contributed by atoms with E-state index in [9.17, 15) is 4.79 Å². The van der Waals surface area contributed by atoms with Gasteiger partial charge in [0.1, 0.15) is 0 Å². The molecule has 3 N–H and O–H groups in total. The molecule has 0 aromatic carbocycles. The first kappa shape index (κ1) is 14.6. The number of thiophene rings is 1. The smallest absolute Gasteiger partial charge is 0.275 e. The highest BCUT2D eigenvalue weighted by molar-refractivity contribution is 7.14. The van der Waals surface area contributed by atoms with Crippen LogP contribution in [0.5, 0.6) is 0 Å². The number of aromatic nitrogens is 1. The van der Waals surface area contributed by atoms with E-state index in [1.54, 1.807) is 6.20 Å². The number of hydrazine groups is 1. The Balaban J connectivity index is 2.02. The third kappa shape index (κ3) is 3.63. The Morgan fingerprint density at radius 1 is 1.45 bits per heavy atom. The number of nitrogens with two attached hydrogens (primary N) is 1. The monoisotopic (exact) mass is 290 g/mol. The molecule has 0 unspecified atom stereocenters. The van der Waals surface area contributed by atoms with E-state index in [1.165, 1.54) is 11.3 Å². The molecule has 0 saturated carbocycles. The molecule has 2 aromatic heterocycles. The van der Waals surface area contributed by atoms with Gasteiger partial charge < -0.3 is 0 Å². The van der Waals surface area contributed by atoms with Crippen molar-refractivity contribution in [2.45, 2.75) is 20.0 Å². The summed E-state index contributed by atoms with van der Waals surface area (Å²) in [5.41, 5.74) is 4.34. The van der Waals surface area contributed by atoms with Gasteiger partial charge in [-0.1, -0.05) is 6.07 Å². The topological polar surface area (TPSA) is 71.2 Å². The van der Waals surface area contributed by atoms with Gasteiger partial charge in [-0.3, -0.25) is 20.1 Å². The second-order valence-electron chi connectivity index (χ2n) is 4.66. The van der Waals surface area contributed by atoms with Crippen molar-refractivity contribution >= 4 is 17.2 Å². The molecule has 0 aliphatic carbocycles. The summed E-state index contributed by atoms with van der Waals surface area (Å²) in [6.07, 6.45) is 1.79. The number of nitrogens with one attached hydrogen (secondary N) is 1. The van der Waals surface area contributed by atoms with Crippen molar-refractivity contribution in [3.8, 4) is 0 Å². The minimum Gasteiger partial charge on any atom is -0.296 e. The Kier molecular flexibility index (Phi) is 4.84. The molecule has 0 aliphatic rings.